The molecular formula is C2F10N2O2P3+. The molecule has 17 heteroatoms. The van der Waals surface area contributed by atoms with E-state index in [-0.39, 0.29) is 0 Å². The molecule has 0 aromatic rings. The van der Waals surface area contributed by atoms with Crippen molar-refractivity contribution in [1.29, 1.82) is 0 Å². The number of halogens is 10. The highest BCUT2D eigenvalue weighted by Gasteiger charge is 2.48. The molecule has 0 N–H and O–H groups in total. The van der Waals surface area contributed by atoms with Crippen LogP contribution in [-0.2, 0) is 9.05 Å². The van der Waals surface area contributed by atoms with Crippen molar-refractivity contribution in [3.8, 4) is 0 Å². The van der Waals surface area contributed by atoms with E-state index < -0.39 is 42.8 Å². The molecule has 4 nitrogen and oxygen atoms in total. The van der Waals surface area contributed by atoms with Crippen LogP contribution in [0.25, 0.3) is 0 Å². The van der Waals surface area contributed by atoms with Crippen LogP contribution in [0.4, 0.5) is 43.4 Å². The Kier molecular flexibility index (Phi) is 7.29. The zero-order valence-corrected chi connectivity index (χ0v) is 10.5. The Hall–Kier alpha value is 0.140. The SMILES string of the molecule is FN(P(F)OC(F)(F)F)[P+](F)=NP(F)OC(F)(F)F. The van der Waals surface area contributed by atoms with Crippen LogP contribution in [-0.4, -0.2) is 17.4 Å². The summed E-state index contributed by atoms with van der Waals surface area (Å²) < 4.78 is 123. The zero-order chi connectivity index (χ0) is 15.4. The van der Waals surface area contributed by atoms with Crippen molar-refractivity contribution in [3.63, 3.8) is 0 Å². The number of rotatable bonds is 5. The molecule has 0 bridgehead atoms. The van der Waals surface area contributed by atoms with Crippen molar-refractivity contribution in [1.82, 2.24) is 4.66 Å². The Balaban J connectivity index is 4.58. The molecule has 0 rings (SSSR count). The highest BCUT2D eigenvalue weighted by molar-refractivity contribution is 7.61. The average Bonchev–Trinajstić information content (AvgIpc) is 2.10. The Morgan fingerprint density at radius 3 is 1.74 bits per heavy atom. The van der Waals surface area contributed by atoms with Crippen LogP contribution in [0, 0.1) is 0 Å². The molecule has 0 aromatic carbocycles. The molecule has 0 aliphatic carbocycles. The van der Waals surface area contributed by atoms with Gasteiger partial charge in [-0.15, -0.1) is 26.3 Å². The van der Waals surface area contributed by atoms with Crippen LogP contribution in [0.3, 0.4) is 0 Å². The first-order chi connectivity index (χ1) is 8.32. The Morgan fingerprint density at radius 1 is 0.947 bits per heavy atom. The van der Waals surface area contributed by atoms with E-state index in [1.165, 1.54) is 0 Å². The summed E-state index contributed by atoms with van der Waals surface area (Å²) in [6, 6.07) is 0. The van der Waals surface area contributed by atoms with Gasteiger partial charge in [0, 0.05) is 4.52 Å². The van der Waals surface area contributed by atoms with Crippen molar-refractivity contribution >= 4 is 25.4 Å². The topological polar surface area (TPSA) is 34.1 Å². The molecule has 0 fully saturated rings. The van der Waals surface area contributed by atoms with Gasteiger partial charge < -0.3 is 0 Å². The minimum Gasteiger partial charge on any atom is -0.219 e. The number of nitrogens with zero attached hydrogens (tertiary/aromatic N) is 2. The van der Waals surface area contributed by atoms with Gasteiger partial charge in [-0.1, -0.05) is 4.48 Å². The van der Waals surface area contributed by atoms with E-state index in [2.05, 4.69) is 9.05 Å². The molecule has 3 unspecified atom stereocenters. The molecule has 0 saturated carbocycles. The molecule has 0 radical (unpaired) electrons. The van der Waals surface area contributed by atoms with E-state index in [1.807, 2.05) is 0 Å². The zero-order valence-electron chi connectivity index (χ0n) is 7.83. The normalized spacial score (nSPS) is 17.7. The lowest BCUT2D eigenvalue weighted by molar-refractivity contribution is -0.276. The van der Waals surface area contributed by atoms with Crippen molar-refractivity contribution in [2.24, 2.45) is 4.52 Å². The van der Waals surface area contributed by atoms with Crippen LogP contribution < -0.4 is 0 Å². The monoisotopic (exact) mass is 367 g/mol. The van der Waals surface area contributed by atoms with E-state index >= 15 is 0 Å². The van der Waals surface area contributed by atoms with Gasteiger partial charge in [-0.25, -0.2) is 9.05 Å². The highest BCUT2D eigenvalue weighted by atomic mass is 31.2. The molecule has 19 heavy (non-hydrogen) atoms. The molecule has 114 valence electrons. The van der Waals surface area contributed by atoms with Crippen molar-refractivity contribution < 1.29 is 52.5 Å². The first kappa shape index (κ1) is 19.1. The third-order valence-electron chi connectivity index (χ3n) is 0.768. The first-order valence-corrected chi connectivity index (χ1v) is 6.73. The van der Waals surface area contributed by atoms with Gasteiger partial charge in [-0.05, 0) is 0 Å². The quantitative estimate of drug-likeness (QED) is 0.334. The fourth-order valence-electron chi connectivity index (χ4n) is 0.372. The second-order valence-corrected chi connectivity index (χ2v) is 5.58. The van der Waals surface area contributed by atoms with Crippen molar-refractivity contribution in [2.45, 2.75) is 12.7 Å². The third kappa shape index (κ3) is 9.64. The van der Waals surface area contributed by atoms with Gasteiger partial charge in [0.15, 0.2) is 4.66 Å². The summed E-state index contributed by atoms with van der Waals surface area (Å²) in [6.45, 7) is 0. The minimum absolute atomic E-state index is 1.75. The van der Waals surface area contributed by atoms with Crippen molar-refractivity contribution in [3.05, 3.63) is 0 Å². The van der Waals surface area contributed by atoms with Crippen LogP contribution in [0.1, 0.15) is 0 Å². The summed E-state index contributed by atoms with van der Waals surface area (Å²) >= 11 is 0. The predicted molar refractivity (Wildman–Crippen MR) is 43.7 cm³/mol. The summed E-state index contributed by atoms with van der Waals surface area (Å²) in [7, 11) is -13.6. The lowest BCUT2D eigenvalue weighted by Crippen LogP contribution is -2.11. The fraction of sp³-hybridized carbons (Fsp3) is 1.00. The minimum atomic E-state index is -5.66. The van der Waals surface area contributed by atoms with E-state index in [1.54, 1.807) is 4.52 Å². The molecule has 0 aliphatic rings. The summed E-state index contributed by atoms with van der Waals surface area (Å²) in [5, 5.41) is 0. The van der Waals surface area contributed by atoms with E-state index in [4.69, 9.17) is 0 Å². The van der Waals surface area contributed by atoms with E-state index in [0.29, 0.717) is 0 Å². The fourth-order valence-corrected chi connectivity index (χ4v) is 2.55. The first-order valence-electron chi connectivity index (χ1n) is 3.38. The summed E-state index contributed by atoms with van der Waals surface area (Å²) in [4.78, 5) is 0. The number of alkyl halides is 6. The van der Waals surface area contributed by atoms with Crippen LogP contribution >= 0.6 is 25.4 Å². The standard InChI is InChI=1S/C2F10N2O2P3/c3-1(4,5)15-18(11)13-17(10)14(9)19(12)16-2(6,7)8/q+1. The van der Waals surface area contributed by atoms with Gasteiger partial charge in [-0.3, -0.25) is 0 Å². The molecule has 0 saturated heterocycles. The van der Waals surface area contributed by atoms with Crippen LogP contribution in [0.15, 0.2) is 4.52 Å². The van der Waals surface area contributed by atoms with E-state index in [0.717, 1.165) is 0 Å². The second-order valence-electron chi connectivity index (χ2n) is 2.10. The highest BCUT2D eigenvalue weighted by Crippen LogP contribution is 2.61. The maximum Gasteiger partial charge on any atom is 0.577 e. The molecule has 0 aromatic heterocycles. The molecule has 0 heterocycles. The maximum atomic E-state index is 12.6. The Labute approximate surface area is 101 Å². The lowest BCUT2D eigenvalue weighted by atomic mass is 11.4. The van der Waals surface area contributed by atoms with Gasteiger partial charge in [0.25, 0.3) is 0 Å². The smallest absolute Gasteiger partial charge is 0.219 e. The second kappa shape index (κ2) is 7.24. The van der Waals surface area contributed by atoms with Gasteiger partial charge in [0.05, 0.1) is 4.20 Å². The molecule has 0 amide bonds. The largest absolute Gasteiger partial charge is 0.577 e. The Bertz CT molecular complexity index is 319. The number of hydrogen-bond acceptors (Lipinski definition) is 3. The summed E-state index contributed by atoms with van der Waals surface area (Å²) in [5.74, 6) is 0. The molecule has 3 atom stereocenters. The third-order valence-corrected chi connectivity index (χ3v) is 4.03. The molecular weight excluding hydrogens is 367 g/mol. The van der Waals surface area contributed by atoms with E-state index in [9.17, 15) is 43.4 Å². The van der Waals surface area contributed by atoms with Gasteiger partial charge in [-0.2, -0.15) is 8.39 Å². The molecule has 0 aliphatic heterocycles. The summed E-state index contributed by atoms with van der Waals surface area (Å²) in [6.07, 6.45) is -11.2. The van der Waals surface area contributed by atoms with Crippen molar-refractivity contribution in [2.75, 3.05) is 0 Å². The Morgan fingerprint density at radius 2 is 1.37 bits per heavy atom. The number of hydrogen-bond donors (Lipinski definition) is 0. The predicted octanol–water partition coefficient (Wildman–Crippen LogP) is 6.10. The van der Waals surface area contributed by atoms with Gasteiger partial charge in [0.1, 0.15) is 0 Å². The van der Waals surface area contributed by atoms with Gasteiger partial charge >= 0.3 is 38.1 Å². The van der Waals surface area contributed by atoms with Gasteiger partial charge in [0.2, 0.25) is 0 Å². The average molecular weight is 367 g/mol. The maximum absolute atomic E-state index is 12.6. The summed E-state index contributed by atoms with van der Waals surface area (Å²) in [5.41, 5.74) is 0. The lowest BCUT2D eigenvalue weighted by Gasteiger charge is -2.08. The van der Waals surface area contributed by atoms with Crippen LogP contribution in [0.5, 0.6) is 0 Å². The van der Waals surface area contributed by atoms with Crippen LogP contribution in [0.2, 0.25) is 0 Å². The molecule has 0 spiro atoms.